The molecule has 0 saturated heterocycles. The third kappa shape index (κ3) is 19.1. The smallest absolute Gasteiger partial charge is 0.0287 e. The van der Waals surface area contributed by atoms with Crippen LogP contribution in [0.5, 0.6) is 0 Å². The molecule has 0 rings (SSSR count). The first-order valence-electron chi connectivity index (χ1n) is 8.05. The average Bonchev–Trinajstić information content (AvgIpc) is 2.35. The molecule has 2 heteroatoms. The molecule has 0 fully saturated rings. The molecule has 1 radical (unpaired) electrons. The van der Waals surface area contributed by atoms with Gasteiger partial charge in [0, 0.05) is 0 Å². The van der Waals surface area contributed by atoms with Crippen molar-refractivity contribution in [2.75, 3.05) is 12.3 Å². The predicted molar refractivity (Wildman–Crippen MR) is 90.7 cm³/mol. The largest absolute Gasteiger partial charge is 0.147 e. The van der Waals surface area contributed by atoms with Crippen LogP contribution in [0, 0.1) is 0 Å². The summed E-state index contributed by atoms with van der Waals surface area (Å²) in [6.45, 7) is 4.58. The molecule has 0 heterocycles. The maximum atomic E-state index is 2.29. The zero-order chi connectivity index (χ0) is 12.6. The molecule has 0 aliphatic carbocycles. The van der Waals surface area contributed by atoms with Crippen LogP contribution in [0.25, 0.3) is 0 Å². The van der Waals surface area contributed by atoms with Crippen molar-refractivity contribution in [3.8, 4) is 0 Å². The van der Waals surface area contributed by atoms with Gasteiger partial charge in [-0.2, -0.15) is 0 Å². The van der Waals surface area contributed by atoms with Crippen molar-refractivity contribution in [2.24, 2.45) is 0 Å². The monoisotopic (exact) mass is 293 g/mol. The molecule has 0 saturated carbocycles. The van der Waals surface area contributed by atoms with Crippen molar-refractivity contribution in [1.29, 1.82) is 0 Å². The van der Waals surface area contributed by atoms with Gasteiger partial charge in [0.05, 0.1) is 0 Å². The van der Waals surface area contributed by atoms with Gasteiger partial charge in [0.15, 0.2) is 0 Å². The lowest BCUT2D eigenvalue weighted by molar-refractivity contribution is 0.623. The molecule has 0 atom stereocenters. The van der Waals surface area contributed by atoms with E-state index in [2.05, 4.69) is 13.8 Å². The van der Waals surface area contributed by atoms with Crippen LogP contribution < -0.4 is 0 Å². The Labute approximate surface area is 124 Å². The Morgan fingerprint density at radius 3 is 1.22 bits per heavy atom. The molecule has 0 N–H and O–H groups in total. The van der Waals surface area contributed by atoms with Gasteiger partial charge in [0.25, 0.3) is 0 Å². The summed E-state index contributed by atoms with van der Waals surface area (Å²) >= 11 is 0. The third-order valence-corrected chi connectivity index (χ3v) is 4.60. The zero-order valence-electron chi connectivity index (χ0n) is 12.8. The maximum Gasteiger partial charge on any atom is -0.0287 e. The van der Waals surface area contributed by atoms with Gasteiger partial charge in [-0.25, -0.2) is 0 Å². The van der Waals surface area contributed by atoms with Gasteiger partial charge < -0.3 is 0 Å². The standard InChI is InChI=1S/C16H34P.ClH/c1-3-5-7-9-11-13-15-17-16-14-12-10-8-6-4-2;/h3-16H2,1-2H3;1H. The molecular formula is C16H35ClP. The Hall–Kier alpha value is 0.720. The van der Waals surface area contributed by atoms with E-state index in [0.717, 1.165) is 0 Å². The van der Waals surface area contributed by atoms with Crippen LogP contribution >= 0.6 is 21.0 Å². The van der Waals surface area contributed by atoms with E-state index < -0.39 is 0 Å². The topological polar surface area (TPSA) is 0 Å². The molecule has 111 valence electrons. The van der Waals surface area contributed by atoms with Crippen molar-refractivity contribution < 1.29 is 0 Å². The summed E-state index contributed by atoms with van der Waals surface area (Å²) in [6.07, 6.45) is 20.3. The Kier molecular flexibility index (Phi) is 23.4. The molecular weight excluding hydrogens is 259 g/mol. The highest BCUT2D eigenvalue weighted by Gasteiger charge is 1.93. The molecule has 0 aromatic carbocycles. The van der Waals surface area contributed by atoms with Crippen molar-refractivity contribution in [3.63, 3.8) is 0 Å². The molecule has 0 aromatic rings. The molecule has 0 nitrogen and oxygen atoms in total. The Balaban J connectivity index is 0. The Bertz CT molecular complexity index is 114. The van der Waals surface area contributed by atoms with E-state index in [1.54, 1.807) is 8.58 Å². The first-order chi connectivity index (χ1) is 8.41. The minimum absolute atomic E-state index is 0. The highest BCUT2D eigenvalue weighted by molar-refractivity contribution is 7.37. The lowest BCUT2D eigenvalue weighted by Gasteiger charge is -2.02. The van der Waals surface area contributed by atoms with Crippen molar-refractivity contribution >= 4 is 21.0 Å². The number of unbranched alkanes of at least 4 members (excludes halogenated alkanes) is 10. The van der Waals surface area contributed by atoms with E-state index in [9.17, 15) is 0 Å². The fraction of sp³-hybridized carbons (Fsp3) is 1.00. The van der Waals surface area contributed by atoms with Crippen LogP contribution in [0.3, 0.4) is 0 Å². The van der Waals surface area contributed by atoms with E-state index in [-0.39, 0.29) is 12.4 Å². The van der Waals surface area contributed by atoms with Crippen molar-refractivity contribution in [2.45, 2.75) is 90.9 Å². The predicted octanol–water partition coefficient (Wildman–Crippen LogP) is 7.08. The quantitative estimate of drug-likeness (QED) is 0.237. The fourth-order valence-corrected chi connectivity index (χ4v) is 3.24. The summed E-state index contributed by atoms with van der Waals surface area (Å²) in [7, 11) is 1.72. The van der Waals surface area contributed by atoms with Crippen LogP contribution in [0.2, 0.25) is 0 Å². The minimum Gasteiger partial charge on any atom is -0.147 e. The van der Waals surface area contributed by atoms with Gasteiger partial charge in [-0.05, 0) is 25.2 Å². The van der Waals surface area contributed by atoms with E-state index in [4.69, 9.17) is 0 Å². The number of hydrogen-bond acceptors (Lipinski definition) is 0. The SMILES string of the molecule is CCCCCCCC[P]CCCCCCCC.Cl. The van der Waals surface area contributed by atoms with Crippen LogP contribution in [0.15, 0.2) is 0 Å². The highest BCUT2D eigenvalue weighted by Crippen LogP contribution is 2.17. The van der Waals surface area contributed by atoms with Crippen LogP contribution in [0.1, 0.15) is 90.9 Å². The summed E-state index contributed by atoms with van der Waals surface area (Å²) in [5.41, 5.74) is 0. The van der Waals surface area contributed by atoms with Crippen LogP contribution in [-0.2, 0) is 0 Å². The zero-order valence-corrected chi connectivity index (χ0v) is 14.5. The Morgan fingerprint density at radius 2 is 0.833 bits per heavy atom. The van der Waals surface area contributed by atoms with E-state index in [1.165, 1.54) is 89.4 Å². The van der Waals surface area contributed by atoms with Crippen LogP contribution in [-0.4, -0.2) is 12.3 Å². The normalized spacial score (nSPS) is 10.3. The van der Waals surface area contributed by atoms with E-state index in [0.29, 0.717) is 0 Å². The molecule has 0 aliphatic rings. The van der Waals surface area contributed by atoms with Gasteiger partial charge in [0.1, 0.15) is 0 Å². The summed E-state index contributed by atoms with van der Waals surface area (Å²) in [4.78, 5) is 0. The fourth-order valence-electron chi connectivity index (χ4n) is 2.12. The molecule has 0 amide bonds. The van der Waals surface area contributed by atoms with Crippen LogP contribution in [0.4, 0.5) is 0 Å². The van der Waals surface area contributed by atoms with Gasteiger partial charge in [-0.15, -0.1) is 12.4 Å². The van der Waals surface area contributed by atoms with E-state index in [1.807, 2.05) is 0 Å². The molecule has 18 heavy (non-hydrogen) atoms. The van der Waals surface area contributed by atoms with E-state index >= 15 is 0 Å². The first-order valence-corrected chi connectivity index (χ1v) is 9.31. The van der Waals surface area contributed by atoms with Gasteiger partial charge in [0.2, 0.25) is 0 Å². The summed E-state index contributed by atoms with van der Waals surface area (Å²) in [5.74, 6) is 0. The van der Waals surface area contributed by atoms with Gasteiger partial charge >= 0.3 is 0 Å². The van der Waals surface area contributed by atoms with Gasteiger partial charge in [-0.1, -0.05) is 86.6 Å². The summed E-state index contributed by atoms with van der Waals surface area (Å²) in [6, 6.07) is 0. The highest BCUT2D eigenvalue weighted by atomic mass is 35.5. The molecule has 0 aliphatic heterocycles. The van der Waals surface area contributed by atoms with Crippen molar-refractivity contribution in [1.82, 2.24) is 0 Å². The maximum absolute atomic E-state index is 2.29. The lowest BCUT2D eigenvalue weighted by Crippen LogP contribution is -1.84. The van der Waals surface area contributed by atoms with Crippen molar-refractivity contribution in [3.05, 3.63) is 0 Å². The molecule has 0 aromatic heterocycles. The minimum atomic E-state index is 0. The first kappa shape index (κ1) is 21.0. The van der Waals surface area contributed by atoms with Gasteiger partial charge in [-0.3, -0.25) is 0 Å². The molecule has 0 bridgehead atoms. The average molecular weight is 294 g/mol. The second-order valence-corrected chi connectivity index (χ2v) is 6.55. The molecule has 0 spiro atoms. The Morgan fingerprint density at radius 1 is 0.500 bits per heavy atom. The second kappa shape index (κ2) is 20.0. The number of halogens is 1. The summed E-state index contributed by atoms with van der Waals surface area (Å²) in [5, 5.41) is 0. The second-order valence-electron chi connectivity index (χ2n) is 5.21. The third-order valence-electron chi connectivity index (χ3n) is 3.34. The summed E-state index contributed by atoms with van der Waals surface area (Å²) < 4.78 is 0. The number of hydrogen-bond donors (Lipinski definition) is 0. The lowest BCUT2D eigenvalue weighted by atomic mass is 10.1. The number of rotatable bonds is 14. The molecule has 0 unspecified atom stereocenters.